The van der Waals surface area contributed by atoms with E-state index < -0.39 is 11.7 Å². The van der Waals surface area contributed by atoms with Crippen molar-refractivity contribution in [2.24, 2.45) is 0 Å². The van der Waals surface area contributed by atoms with Gasteiger partial charge in [-0.1, -0.05) is 103 Å². The predicted molar refractivity (Wildman–Crippen MR) is 116 cm³/mol. The molecule has 0 saturated heterocycles. The number of hydrogen-bond acceptors (Lipinski definition) is 3. The third kappa shape index (κ3) is 16.1. The summed E-state index contributed by atoms with van der Waals surface area (Å²) in [7, 11) is 0. The van der Waals surface area contributed by atoms with E-state index in [9.17, 15) is 9.90 Å². The van der Waals surface area contributed by atoms with Crippen molar-refractivity contribution in [2.45, 2.75) is 149 Å². The van der Waals surface area contributed by atoms with Crippen LogP contribution in [-0.4, -0.2) is 22.8 Å². The summed E-state index contributed by atoms with van der Waals surface area (Å²) >= 11 is 0. The first-order valence-corrected chi connectivity index (χ1v) is 11.8. The van der Waals surface area contributed by atoms with Crippen LogP contribution in [0, 0.1) is 0 Å². The second kappa shape index (κ2) is 17.5. The van der Waals surface area contributed by atoms with Crippen LogP contribution in [0.2, 0.25) is 0 Å². The normalized spacial score (nSPS) is 14.7. The predicted octanol–water partition coefficient (Wildman–Crippen LogP) is 7.34. The third-order valence-electron chi connectivity index (χ3n) is 5.79. The first kappa shape index (κ1) is 26.4. The summed E-state index contributed by atoms with van der Waals surface area (Å²) in [4.78, 5) is 11.2. The Morgan fingerprint density at radius 3 is 1.41 bits per heavy atom. The summed E-state index contributed by atoms with van der Waals surface area (Å²) in [5.41, 5.74) is -0.734. The Morgan fingerprint density at radius 2 is 1.11 bits per heavy atom. The van der Waals surface area contributed by atoms with Crippen LogP contribution in [0.15, 0.2) is 0 Å². The summed E-state index contributed by atoms with van der Waals surface area (Å²) in [6.45, 7) is 7.23. The van der Waals surface area contributed by atoms with Gasteiger partial charge in [0.25, 0.3) is 0 Å². The van der Waals surface area contributed by atoms with E-state index in [0.29, 0.717) is 0 Å². The minimum absolute atomic E-state index is 0.310. The molecule has 0 saturated carbocycles. The van der Waals surface area contributed by atoms with E-state index >= 15 is 0 Å². The molecule has 0 spiro atoms. The number of carbonyl (C=O) groups is 1. The van der Waals surface area contributed by atoms with Gasteiger partial charge in [-0.15, -0.1) is 0 Å². The zero-order valence-electron chi connectivity index (χ0n) is 18.9. The molecule has 0 aliphatic rings. The molecule has 0 heterocycles. The Bertz CT molecular complexity index is 341. The van der Waals surface area contributed by atoms with E-state index in [4.69, 9.17) is 4.74 Å². The molecule has 0 aromatic heterocycles. The van der Waals surface area contributed by atoms with Crippen molar-refractivity contribution in [3.8, 4) is 0 Å². The van der Waals surface area contributed by atoms with Gasteiger partial charge in [-0.25, -0.2) is 0 Å². The number of rotatable bonds is 19. The maximum absolute atomic E-state index is 11.2. The topological polar surface area (TPSA) is 46.5 Å². The molecular weight excluding hydrogens is 336 g/mol. The van der Waals surface area contributed by atoms with Crippen LogP contribution in [0.1, 0.15) is 137 Å². The molecule has 2 atom stereocenters. The highest BCUT2D eigenvalue weighted by Gasteiger charge is 2.32. The largest absolute Gasteiger partial charge is 0.457 e. The molecule has 0 aliphatic carbocycles. The Labute approximate surface area is 169 Å². The van der Waals surface area contributed by atoms with Gasteiger partial charge in [0.2, 0.25) is 0 Å². The number of hydrogen-bond donors (Lipinski definition) is 1. The van der Waals surface area contributed by atoms with E-state index in [0.717, 1.165) is 19.3 Å². The van der Waals surface area contributed by atoms with Gasteiger partial charge in [0.15, 0.2) is 0 Å². The number of unbranched alkanes of at least 4 members (excludes halogenated alkanes) is 15. The molecule has 0 aliphatic heterocycles. The fourth-order valence-electron chi connectivity index (χ4n) is 3.70. The van der Waals surface area contributed by atoms with E-state index in [-0.39, 0.29) is 5.97 Å². The van der Waals surface area contributed by atoms with Gasteiger partial charge in [-0.3, -0.25) is 4.79 Å². The van der Waals surface area contributed by atoms with E-state index in [1.165, 1.54) is 96.8 Å². The smallest absolute Gasteiger partial charge is 0.303 e. The van der Waals surface area contributed by atoms with Gasteiger partial charge in [0.1, 0.15) is 5.60 Å². The Morgan fingerprint density at radius 1 is 0.778 bits per heavy atom. The Balaban J connectivity index is 3.39. The quantitative estimate of drug-likeness (QED) is 0.187. The Kier molecular flexibility index (Phi) is 17.2. The number of carbonyl (C=O) groups excluding carboxylic acids is 1. The van der Waals surface area contributed by atoms with Gasteiger partial charge in [-0.05, 0) is 26.7 Å². The minimum Gasteiger partial charge on any atom is -0.457 e. The van der Waals surface area contributed by atoms with Gasteiger partial charge in [-0.2, -0.15) is 0 Å². The van der Waals surface area contributed by atoms with Crippen molar-refractivity contribution >= 4 is 5.97 Å². The SMILES string of the molecule is CCCCCCCCCCCCCCCCCCC(C)(OC(C)=O)C(C)O. The Hall–Kier alpha value is -0.570. The van der Waals surface area contributed by atoms with Gasteiger partial charge >= 0.3 is 5.97 Å². The third-order valence-corrected chi connectivity index (χ3v) is 5.79. The van der Waals surface area contributed by atoms with Crippen LogP contribution < -0.4 is 0 Å². The summed E-state index contributed by atoms with van der Waals surface area (Å²) in [5, 5.41) is 9.87. The van der Waals surface area contributed by atoms with E-state index in [1.54, 1.807) is 6.92 Å². The summed E-state index contributed by atoms with van der Waals surface area (Å²) < 4.78 is 5.33. The molecule has 3 nitrogen and oxygen atoms in total. The van der Waals surface area contributed by atoms with Crippen molar-refractivity contribution in [1.82, 2.24) is 0 Å². The van der Waals surface area contributed by atoms with Crippen molar-refractivity contribution in [3.63, 3.8) is 0 Å². The molecule has 3 heteroatoms. The van der Waals surface area contributed by atoms with Crippen LogP contribution in [0.5, 0.6) is 0 Å². The van der Waals surface area contributed by atoms with Crippen LogP contribution in [0.3, 0.4) is 0 Å². The zero-order chi connectivity index (χ0) is 20.4. The number of aliphatic hydroxyl groups is 1. The number of ether oxygens (including phenoxy) is 1. The van der Waals surface area contributed by atoms with Gasteiger partial charge in [0.05, 0.1) is 6.10 Å². The second-order valence-corrected chi connectivity index (χ2v) is 8.64. The number of aliphatic hydroxyl groups excluding tert-OH is 1. The maximum Gasteiger partial charge on any atom is 0.303 e. The lowest BCUT2D eigenvalue weighted by Gasteiger charge is -2.32. The average Bonchev–Trinajstić information content (AvgIpc) is 2.60. The lowest BCUT2D eigenvalue weighted by Crippen LogP contribution is -2.41. The minimum atomic E-state index is -0.734. The molecule has 0 radical (unpaired) electrons. The molecule has 0 fully saturated rings. The average molecular weight is 385 g/mol. The molecule has 0 amide bonds. The second-order valence-electron chi connectivity index (χ2n) is 8.64. The summed E-state index contributed by atoms with van der Waals surface area (Å²) in [5.74, 6) is -0.310. The molecule has 1 N–H and O–H groups in total. The summed E-state index contributed by atoms with van der Waals surface area (Å²) in [6, 6.07) is 0. The maximum atomic E-state index is 11.2. The fourth-order valence-corrected chi connectivity index (χ4v) is 3.70. The van der Waals surface area contributed by atoms with Crippen LogP contribution in [0.4, 0.5) is 0 Å². The molecule has 2 unspecified atom stereocenters. The highest BCUT2D eigenvalue weighted by atomic mass is 16.6. The molecule has 0 aromatic carbocycles. The molecule has 27 heavy (non-hydrogen) atoms. The zero-order valence-corrected chi connectivity index (χ0v) is 18.9. The van der Waals surface area contributed by atoms with E-state index in [2.05, 4.69) is 6.92 Å². The molecule has 0 aromatic rings. The monoisotopic (exact) mass is 384 g/mol. The van der Waals surface area contributed by atoms with Gasteiger partial charge in [0, 0.05) is 6.92 Å². The fraction of sp³-hybridized carbons (Fsp3) is 0.958. The first-order chi connectivity index (χ1) is 12.9. The number of esters is 1. The van der Waals surface area contributed by atoms with Crippen molar-refractivity contribution in [1.29, 1.82) is 0 Å². The van der Waals surface area contributed by atoms with Gasteiger partial charge < -0.3 is 9.84 Å². The lowest BCUT2D eigenvalue weighted by molar-refractivity contribution is -0.167. The molecular formula is C24H48O3. The van der Waals surface area contributed by atoms with Crippen LogP contribution in [0.25, 0.3) is 0 Å². The highest BCUT2D eigenvalue weighted by molar-refractivity contribution is 5.66. The lowest BCUT2D eigenvalue weighted by atomic mass is 9.92. The van der Waals surface area contributed by atoms with Crippen LogP contribution >= 0.6 is 0 Å². The molecule has 0 rings (SSSR count). The van der Waals surface area contributed by atoms with Crippen molar-refractivity contribution < 1.29 is 14.6 Å². The highest BCUT2D eigenvalue weighted by Crippen LogP contribution is 2.24. The van der Waals surface area contributed by atoms with Crippen LogP contribution in [-0.2, 0) is 9.53 Å². The van der Waals surface area contributed by atoms with E-state index in [1.807, 2.05) is 6.92 Å². The standard InChI is InChI=1S/C24H48O3/c1-5-6-7-8-9-10-11-12-13-14-15-16-17-18-19-20-21-24(4,22(2)25)27-23(3)26/h22,25H,5-21H2,1-4H3. The molecule has 162 valence electrons. The van der Waals surface area contributed by atoms with Crippen molar-refractivity contribution in [2.75, 3.05) is 0 Å². The molecule has 0 bridgehead atoms. The van der Waals surface area contributed by atoms with Crippen molar-refractivity contribution in [3.05, 3.63) is 0 Å². The summed E-state index contributed by atoms with van der Waals surface area (Å²) in [6.07, 6.45) is 21.7. The first-order valence-electron chi connectivity index (χ1n) is 11.8.